The second kappa shape index (κ2) is 7.32. The standard InChI is InChI=1S/C19H19N3O4S/c1-11-10-12(7-8-20-11)15(23)16-14(13-6-5-9-25-13)21-17(27-16)22-18(24)26-19(2,3)4/h5-10H,1-4H3,(H,21,22,24). The van der Waals surface area contributed by atoms with E-state index in [-0.39, 0.29) is 10.9 Å². The van der Waals surface area contributed by atoms with Gasteiger partial charge in [-0.3, -0.25) is 15.1 Å². The zero-order valence-electron chi connectivity index (χ0n) is 15.4. The van der Waals surface area contributed by atoms with E-state index >= 15 is 0 Å². The highest BCUT2D eigenvalue weighted by Crippen LogP contribution is 2.33. The molecule has 0 aliphatic heterocycles. The zero-order chi connectivity index (χ0) is 19.6. The molecule has 0 radical (unpaired) electrons. The molecule has 0 bridgehead atoms. The van der Waals surface area contributed by atoms with E-state index in [2.05, 4.69) is 15.3 Å². The first-order valence-corrected chi connectivity index (χ1v) is 9.06. The van der Waals surface area contributed by atoms with Gasteiger partial charge in [0.25, 0.3) is 0 Å². The first-order valence-electron chi connectivity index (χ1n) is 8.25. The van der Waals surface area contributed by atoms with Crippen molar-refractivity contribution < 1.29 is 18.7 Å². The maximum Gasteiger partial charge on any atom is 0.413 e. The van der Waals surface area contributed by atoms with E-state index in [1.165, 1.54) is 6.26 Å². The minimum absolute atomic E-state index is 0.221. The normalized spacial score (nSPS) is 11.3. The van der Waals surface area contributed by atoms with Crippen molar-refractivity contribution >= 4 is 28.3 Å². The SMILES string of the molecule is Cc1cc(C(=O)c2sc(NC(=O)OC(C)(C)C)nc2-c2ccco2)ccn1. The first-order chi connectivity index (χ1) is 12.7. The average Bonchev–Trinajstić information content (AvgIpc) is 3.21. The Labute approximate surface area is 160 Å². The molecular weight excluding hydrogens is 366 g/mol. The molecule has 27 heavy (non-hydrogen) atoms. The van der Waals surface area contributed by atoms with Crippen molar-refractivity contribution in [2.24, 2.45) is 0 Å². The topological polar surface area (TPSA) is 94.3 Å². The third-order valence-corrected chi connectivity index (χ3v) is 4.32. The van der Waals surface area contributed by atoms with Gasteiger partial charge in [0.1, 0.15) is 16.2 Å². The van der Waals surface area contributed by atoms with Crippen LogP contribution in [0.5, 0.6) is 0 Å². The predicted molar refractivity (Wildman–Crippen MR) is 102 cm³/mol. The fraction of sp³-hybridized carbons (Fsp3) is 0.263. The van der Waals surface area contributed by atoms with Crippen LogP contribution >= 0.6 is 11.3 Å². The number of amides is 1. The average molecular weight is 385 g/mol. The van der Waals surface area contributed by atoms with Crippen LogP contribution in [0.4, 0.5) is 9.93 Å². The lowest BCUT2D eigenvalue weighted by Gasteiger charge is -2.18. The van der Waals surface area contributed by atoms with Gasteiger partial charge in [-0.2, -0.15) is 0 Å². The van der Waals surface area contributed by atoms with Crippen LogP contribution in [-0.2, 0) is 4.74 Å². The minimum Gasteiger partial charge on any atom is -0.463 e. The van der Waals surface area contributed by atoms with E-state index in [0.29, 0.717) is 21.9 Å². The van der Waals surface area contributed by atoms with Crippen molar-refractivity contribution in [3.63, 3.8) is 0 Å². The summed E-state index contributed by atoms with van der Waals surface area (Å²) in [5.41, 5.74) is 0.952. The molecule has 7 nitrogen and oxygen atoms in total. The van der Waals surface area contributed by atoms with E-state index in [4.69, 9.17) is 9.15 Å². The van der Waals surface area contributed by atoms with Crippen molar-refractivity contribution in [2.75, 3.05) is 5.32 Å². The Hall–Kier alpha value is -3.00. The molecule has 3 rings (SSSR count). The summed E-state index contributed by atoms with van der Waals surface area (Å²) in [6.45, 7) is 7.11. The molecule has 1 amide bonds. The van der Waals surface area contributed by atoms with Crippen LogP contribution in [-0.4, -0.2) is 27.4 Å². The lowest BCUT2D eigenvalue weighted by atomic mass is 10.1. The predicted octanol–water partition coefficient (Wildman–Crippen LogP) is 4.68. The van der Waals surface area contributed by atoms with Gasteiger partial charge in [0.2, 0.25) is 5.78 Å². The minimum atomic E-state index is -0.640. The molecule has 0 unspecified atom stereocenters. The number of furan rings is 1. The van der Waals surface area contributed by atoms with Gasteiger partial charge >= 0.3 is 6.09 Å². The molecule has 3 aromatic heterocycles. The van der Waals surface area contributed by atoms with Gasteiger partial charge in [0, 0.05) is 17.5 Å². The Morgan fingerprint density at radius 3 is 2.67 bits per heavy atom. The van der Waals surface area contributed by atoms with Crippen molar-refractivity contribution in [3.05, 3.63) is 52.9 Å². The maximum atomic E-state index is 13.0. The summed E-state index contributed by atoms with van der Waals surface area (Å²) in [6, 6.07) is 6.76. The van der Waals surface area contributed by atoms with Crippen molar-refractivity contribution in [1.82, 2.24) is 9.97 Å². The summed E-state index contributed by atoms with van der Waals surface area (Å²) < 4.78 is 10.6. The Balaban J connectivity index is 1.96. The molecule has 0 saturated heterocycles. The number of rotatable bonds is 4. The third-order valence-electron chi connectivity index (χ3n) is 3.35. The highest BCUT2D eigenvalue weighted by Gasteiger charge is 2.24. The molecule has 0 aliphatic rings. The van der Waals surface area contributed by atoms with E-state index in [1.54, 1.807) is 51.2 Å². The van der Waals surface area contributed by atoms with E-state index < -0.39 is 11.7 Å². The highest BCUT2D eigenvalue weighted by atomic mass is 32.1. The van der Waals surface area contributed by atoms with Crippen molar-refractivity contribution in [3.8, 4) is 11.5 Å². The molecule has 0 saturated carbocycles. The van der Waals surface area contributed by atoms with Gasteiger partial charge in [-0.25, -0.2) is 9.78 Å². The number of ether oxygens (including phenoxy) is 1. The quantitative estimate of drug-likeness (QED) is 0.655. The van der Waals surface area contributed by atoms with Crippen LogP contribution in [0.25, 0.3) is 11.5 Å². The van der Waals surface area contributed by atoms with Crippen LogP contribution in [0.15, 0.2) is 41.1 Å². The number of hydrogen-bond acceptors (Lipinski definition) is 7. The smallest absolute Gasteiger partial charge is 0.413 e. The van der Waals surface area contributed by atoms with E-state index in [9.17, 15) is 9.59 Å². The zero-order valence-corrected chi connectivity index (χ0v) is 16.2. The molecule has 1 N–H and O–H groups in total. The number of nitrogens with one attached hydrogen (secondary N) is 1. The summed E-state index contributed by atoms with van der Waals surface area (Å²) in [5.74, 6) is 0.222. The largest absolute Gasteiger partial charge is 0.463 e. The number of nitrogens with zero attached hydrogens (tertiary/aromatic N) is 2. The van der Waals surface area contributed by atoms with Gasteiger partial charge in [-0.15, -0.1) is 0 Å². The first kappa shape index (κ1) is 18.8. The van der Waals surface area contributed by atoms with Crippen molar-refractivity contribution in [1.29, 1.82) is 0 Å². The number of pyridine rings is 1. The summed E-state index contributed by atoms with van der Waals surface area (Å²) >= 11 is 1.07. The number of hydrogen-bond donors (Lipinski definition) is 1. The number of aryl methyl sites for hydroxylation is 1. The number of anilines is 1. The lowest BCUT2D eigenvalue weighted by molar-refractivity contribution is 0.0635. The molecular formula is C19H19N3O4S. The molecule has 3 heterocycles. The van der Waals surface area contributed by atoms with Crippen LogP contribution in [0, 0.1) is 6.92 Å². The fourth-order valence-corrected chi connectivity index (χ4v) is 3.23. The Bertz CT molecular complexity index is 971. The molecule has 0 aromatic carbocycles. The second-order valence-electron chi connectivity index (χ2n) is 6.82. The molecule has 0 atom stereocenters. The lowest BCUT2D eigenvalue weighted by Crippen LogP contribution is -2.27. The van der Waals surface area contributed by atoms with Gasteiger partial charge in [0.15, 0.2) is 10.9 Å². The van der Waals surface area contributed by atoms with Gasteiger partial charge in [0.05, 0.1) is 6.26 Å². The van der Waals surface area contributed by atoms with Crippen molar-refractivity contribution in [2.45, 2.75) is 33.3 Å². The molecule has 3 aromatic rings. The van der Waals surface area contributed by atoms with Crippen LogP contribution in [0.3, 0.4) is 0 Å². The van der Waals surface area contributed by atoms with Gasteiger partial charge in [-0.1, -0.05) is 11.3 Å². The maximum absolute atomic E-state index is 13.0. The van der Waals surface area contributed by atoms with Crippen LogP contribution < -0.4 is 5.32 Å². The second-order valence-corrected chi connectivity index (χ2v) is 7.82. The Morgan fingerprint density at radius 2 is 2.04 bits per heavy atom. The van der Waals surface area contributed by atoms with E-state index in [0.717, 1.165) is 17.0 Å². The Morgan fingerprint density at radius 1 is 1.26 bits per heavy atom. The molecule has 0 aliphatic carbocycles. The van der Waals surface area contributed by atoms with E-state index in [1.807, 2.05) is 6.92 Å². The van der Waals surface area contributed by atoms with Gasteiger partial charge in [-0.05, 0) is 52.0 Å². The molecule has 140 valence electrons. The number of carbonyl (C=O) groups excluding carboxylic acids is 2. The monoisotopic (exact) mass is 385 g/mol. The van der Waals surface area contributed by atoms with Crippen LogP contribution in [0.2, 0.25) is 0 Å². The third kappa shape index (κ3) is 4.59. The summed E-state index contributed by atoms with van der Waals surface area (Å²) in [4.78, 5) is 33.9. The number of ketones is 1. The molecule has 8 heteroatoms. The summed E-state index contributed by atoms with van der Waals surface area (Å²) in [7, 11) is 0. The molecule has 0 fully saturated rings. The van der Waals surface area contributed by atoms with Gasteiger partial charge < -0.3 is 9.15 Å². The Kier molecular flexibility index (Phi) is 5.09. The van der Waals surface area contributed by atoms with Crippen LogP contribution in [0.1, 0.15) is 41.7 Å². The summed E-state index contributed by atoms with van der Waals surface area (Å²) in [5, 5.41) is 2.83. The number of aromatic nitrogens is 2. The fourth-order valence-electron chi connectivity index (χ4n) is 2.32. The number of thiazole rings is 1. The highest BCUT2D eigenvalue weighted by molar-refractivity contribution is 7.18. The molecule has 0 spiro atoms. The summed E-state index contributed by atoms with van der Waals surface area (Å²) in [6.07, 6.45) is 2.44. The number of carbonyl (C=O) groups is 2.